The number of nitrogens with one attached hydrogen (secondary N) is 1. The first-order chi connectivity index (χ1) is 16.6. The highest BCUT2D eigenvalue weighted by atomic mass is 16.2. The summed E-state index contributed by atoms with van der Waals surface area (Å²) in [6.45, 7) is 2.46. The highest BCUT2D eigenvalue weighted by Gasteiger charge is 2.32. The molecule has 1 N–H and O–H groups in total. The second kappa shape index (κ2) is 11.6. The summed E-state index contributed by atoms with van der Waals surface area (Å²) in [5.41, 5.74) is 4.20. The fourth-order valence-corrected chi connectivity index (χ4v) is 4.68. The van der Waals surface area contributed by atoms with Crippen LogP contribution in [0.5, 0.6) is 0 Å². The Morgan fingerprint density at radius 1 is 0.824 bits per heavy atom. The van der Waals surface area contributed by atoms with Gasteiger partial charge in [-0.2, -0.15) is 0 Å². The van der Waals surface area contributed by atoms with Gasteiger partial charge in [0.15, 0.2) is 0 Å². The highest BCUT2D eigenvalue weighted by molar-refractivity contribution is 5.89. The van der Waals surface area contributed by atoms with E-state index in [9.17, 15) is 9.59 Å². The van der Waals surface area contributed by atoms with E-state index in [-0.39, 0.29) is 24.3 Å². The lowest BCUT2D eigenvalue weighted by Crippen LogP contribution is -2.52. The molecule has 0 bridgehead atoms. The Labute approximate surface area is 203 Å². The summed E-state index contributed by atoms with van der Waals surface area (Å²) in [4.78, 5) is 29.1. The van der Waals surface area contributed by atoms with Crippen molar-refractivity contribution in [2.24, 2.45) is 0 Å². The average molecular weight is 455 g/mol. The van der Waals surface area contributed by atoms with Crippen molar-refractivity contribution in [3.8, 4) is 0 Å². The maximum absolute atomic E-state index is 13.7. The second-order valence-electron chi connectivity index (χ2n) is 9.37. The Hall–Kier alpha value is -3.40. The molecule has 1 aliphatic carbocycles. The monoisotopic (exact) mass is 454 g/mol. The Balaban J connectivity index is 1.64. The van der Waals surface area contributed by atoms with E-state index < -0.39 is 6.04 Å². The minimum absolute atomic E-state index is 0.0331. The SMILES string of the molecule is Cc1ccc(CN(C(=O)Cc2ccccc2)[C@H](Cc2ccccc2)C(=O)NC2CCCC2)cc1. The molecule has 0 aromatic heterocycles. The van der Waals surface area contributed by atoms with Gasteiger partial charge in [0.1, 0.15) is 6.04 Å². The molecule has 0 heterocycles. The number of nitrogens with zero attached hydrogens (tertiary/aromatic N) is 1. The first-order valence-corrected chi connectivity index (χ1v) is 12.3. The fourth-order valence-electron chi connectivity index (χ4n) is 4.68. The van der Waals surface area contributed by atoms with Crippen molar-refractivity contribution in [1.82, 2.24) is 10.2 Å². The van der Waals surface area contributed by atoms with Crippen LogP contribution in [0.2, 0.25) is 0 Å². The molecule has 34 heavy (non-hydrogen) atoms. The lowest BCUT2D eigenvalue weighted by molar-refractivity contribution is -0.141. The zero-order chi connectivity index (χ0) is 23.8. The zero-order valence-electron chi connectivity index (χ0n) is 20.0. The molecule has 1 saturated carbocycles. The van der Waals surface area contributed by atoms with Gasteiger partial charge >= 0.3 is 0 Å². The number of hydrogen-bond donors (Lipinski definition) is 1. The predicted octanol–water partition coefficient (Wildman–Crippen LogP) is 5.24. The van der Waals surface area contributed by atoms with Crippen molar-refractivity contribution in [1.29, 1.82) is 0 Å². The summed E-state index contributed by atoms with van der Waals surface area (Å²) in [6, 6.07) is 27.6. The first kappa shape index (κ1) is 23.7. The summed E-state index contributed by atoms with van der Waals surface area (Å²) < 4.78 is 0. The number of benzene rings is 3. The molecule has 3 aromatic carbocycles. The van der Waals surface area contributed by atoms with Crippen LogP contribution in [0.4, 0.5) is 0 Å². The van der Waals surface area contributed by atoms with Crippen LogP contribution in [0, 0.1) is 6.92 Å². The van der Waals surface area contributed by atoms with Gasteiger partial charge in [-0.15, -0.1) is 0 Å². The van der Waals surface area contributed by atoms with E-state index in [1.165, 1.54) is 5.56 Å². The number of amides is 2. The first-order valence-electron chi connectivity index (χ1n) is 12.3. The molecule has 0 unspecified atom stereocenters. The van der Waals surface area contributed by atoms with Crippen molar-refractivity contribution in [2.45, 2.75) is 64.1 Å². The van der Waals surface area contributed by atoms with Crippen molar-refractivity contribution in [2.75, 3.05) is 0 Å². The van der Waals surface area contributed by atoms with Crippen molar-refractivity contribution >= 4 is 11.8 Å². The van der Waals surface area contributed by atoms with E-state index in [1.807, 2.05) is 72.8 Å². The van der Waals surface area contributed by atoms with Crippen LogP contribution >= 0.6 is 0 Å². The fraction of sp³-hybridized carbons (Fsp3) is 0.333. The van der Waals surface area contributed by atoms with E-state index in [1.54, 1.807) is 4.90 Å². The molecule has 4 rings (SSSR count). The van der Waals surface area contributed by atoms with E-state index in [4.69, 9.17) is 0 Å². The summed E-state index contributed by atoms with van der Waals surface area (Å²) in [5.74, 6) is -0.0847. The molecule has 1 atom stereocenters. The maximum atomic E-state index is 13.7. The Bertz CT molecular complexity index is 1060. The Kier molecular flexibility index (Phi) is 8.13. The quantitative estimate of drug-likeness (QED) is 0.481. The van der Waals surface area contributed by atoms with Gasteiger partial charge < -0.3 is 10.2 Å². The molecule has 0 spiro atoms. The molecule has 3 aromatic rings. The third-order valence-corrected chi connectivity index (χ3v) is 6.64. The number of aryl methyl sites for hydroxylation is 1. The van der Waals surface area contributed by atoms with E-state index in [0.717, 1.165) is 42.4 Å². The molecule has 176 valence electrons. The molecule has 1 aliphatic rings. The van der Waals surface area contributed by atoms with Crippen LogP contribution in [0.1, 0.15) is 47.9 Å². The number of carbonyl (C=O) groups is 2. The second-order valence-corrected chi connectivity index (χ2v) is 9.37. The summed E-state index contributed by atoms with van der Waals surface area (Å²) in [5, 5.41) is 3.26. The highest BCUT2D eigenvalue weighted by Crippen LogP contribution is 2.21. The zero-order valence-corrected chi connectivity index (χ0v) is 20.0. The van der Waals surface area contributed by atoms with Gasteiger partial charge in [0.25, 0.3) is 0 Å². The van der Waals surface area contributed by atoms with Crippen LogP contribution < -0.4 is 5.32 Å². The predicted molar refractivity (Wildman–Crippen MR) is 136 cm³/mol. The van der Waals surface area contributed by atoms with Gasteiger partial charge in [0.05, 0.1) is 6.42 Å². The maximum Gasteiger partial charge on any atom is 0.243 e. The van der Waals surface area contributed by atoms with Gasteiger partial charge in [0, 0.05) is 19.0 Å². The van der Waals surface area contributed by atoms with Crippen molar-refractivity contribution in [3.63, 3.8) is 0 Å². The lowest BCUT2D eigenvalue weighted by Gasteiger charge is -2.32. The minimum atomic E-state index is -0.569. The third-order valence-electron chi connectivity index (χ3n) is 6.64. The topological polar surface area (TPSA) is 49.4 Å². The molecule has 2 amide bonds. The van der Waals surface area contributed by atoms with Crippen LogP contribution in [0.25, 0.3) is 0 Å². The number of carbonyl (C=O) groups excluding carboxylic acids is 2. The largest absolute Gasteiger partial charge is 0.352 e. The third kappa shape index (κ3) is 6.57. The standard InChI is InChI=1S/C30H34N2O2/c1-23-16-18-26(19-17-23)22-32(29(33)21-25-12-6-3-7-13-25)28(20-24-10-4-2-5-11-24)30(34)31-27-14-8-9-15-27/h2-7,10-13,16-19,27-28H,8-9,14-15,20-22H2,1H3,(H,31,34)/t28-/m1/s1. The Morgan fingerprint density at radius 2 is 1.41 bits per heavy atom. The van der Waals surface area contributed by atoms with Crippen LogP contribution in [-0.4, -0.2) is 28.8 Å². The summed E-state index contributed by atoms with van der Waals surface area (Å²) in [7, 11) is 0. The molecule has 0 radical (unpaired) electrons. The molecule has 0 aliphatic heterocycles. The van der Waals surface area contributed by atoms with Gasteiger partial charge in [-0.05, 0) is 36.5 Å². The van der Waals surface area contributed by atoms with Crippen molar-refractivity contribution in [3.05, 3.63) is 107 Å². The summed E-state index contributed by atoms with van der Waals surface area (Å²) >= 11 is 0. The van der Waals surface area contributed by atoms with E-state index in [2.05, 4.69) is 24.4 Å². The molecule has 4 heteroatoms. The normalized spacial score (nSPS) is 14.5. The molecular weight excluding hydrogens is 420 g/mol. The van der Waals surface area contributed by atoms with E-state index >= 15 is 0 Å². The molecule has 4 nitrogen and oxygen atoms in total. The lowest BCUT2D eigenvalue weighted by atomic mass is 10.0. The Morgan fingerprint density at radius 3 is 2.03 bits per heavy atom. The molecule has 0 saturated heterocycles. The van der Waals surface area contributed by atoms with Gasteiger partial charge in [-0.1, -0.05) is 103 Å². The van der Waals surface area contributed by atoms with Crippen LogP contribution in [0.15, 0.2) is 84.9 Å². The van der Waals surface area contributed by atoms with Crippen LogP contribution in [-0.2, 0) is 29.0 Å². The minimum Gasteiger partial charge on any atom is -0.352 e. The summed E-state index contributed by atoms with van der Waals surface area (Å²) in [6.07, 6.45) is 5.09. The number of rotatable bonds is 9. The van der Waals surface area contributed by atoms with E-state index in [0.29, 0.717) is 13.0 Å². The van der Waals surface area contributed by atoms with Gasteiger partial charge in [-0.3, -0.25) is 9.59 Å². The smallest absolute Gasteiger partial charge is 0.243 e. The van der Waals surface area contributed by atoms with Crippen LogP contribution in [0.3, 0.4) is 0 Å². The molecule has 1 fully saturated rings. The van der Waals surface area contributed by atoms with Gasteiger partial charge in [-0.25, -0.2) is 0 Å². The molecular formula is C30H34N2O2. The van der Waals surface area contributed by atoms with Gasteiger partial charge in [0.2, 0.25) is 11.8 Å². The number of hydrogen-bond acceptors (Lipinski definition) is 2. The average Bonchev–Trinajstić information content (AvgIpc) is 3.36. The van der Waals surface area contributed by atoms with Crippen molar-refractivity contribution < 1.29 is 9.59 Å².